The minimum absolute atomic E-state index is 0. The Morgan fingerprint density at radius 1 is 0.545 bits per heavy atom. The fourth-order valence-corrected chi connectivity index (χ4v) is 5.61. The van der Waals surface area contributed by atoms with Crippen LogP contribution < -0.4 is 28.4 Å². The van der Waals surface area contributed by atoms with Gasteiger partial charge in [0, 0.05) is 35.7 Å². The molecule has 0 saturated carbocycles. The zero-order chi connectivity index (χ0) is 31.1. The highest BCUT2D eigenvalue weighted by molar-refractivity contribution is 8.14. The summed E-state index contributed by atoms with van der Waals surface area (Å²) in [6, 6.07) is 6.72. The van der Waals surface area contributed by atoms with Gasteiger partial charge >= 0.3 is 0 Å². The highest BCUT2D eigenvalue weighted by Crippen LogP contribution is 2.40. The number of methoxy groups -OCH3 is 6. The first-order chi connectivity index (χ1) is 20.2. The monoisotopic (exact) mass is 696 g/mol. The molecular formula is C30H46Cl2N2O8S2. The zero-order valence-electron chi connectivity index (χ0n) is 26.8. The third-order valence-corrected chi connectivity index (χ3v) is 8.48. The van der Waals surface area contributed by atoms with Crippen molar-refractivity contribution in [3.05, 3.63) is 35.4 Å². The van der Waals surface area contributed by atoms with Gasteiger partial charge in [-0.15, -0.1) is 24.8 Å². The van der Waals surface area contributed by atoms with E-state index in [1.165, 1.54) is 66.2 Å². The van der Waals surface area contributed by atoms with Gasteiger partial charge in [-0.2, -0.15) is 0 Å². The van der Waals surface area contributed by atoms with Crippen molar-refractivity contribution in [2.45, 2.75) is 12.8 Å². The van der Waals surface area contributed by atoms with Gasteiger partial charge in [0.1, 0.15) is 0 Å². The van der Waals surface area contributed by atoms with Gasteiger partial charge in [-0.1, -0.05) is 23.5 Å². The van der Waals surface area contributed by atoms with E-state index in [0.29, 0.717) is 57.1 Å². The Morgan fingerprint density at radius 2 is 0.841 bits per heavy atom. The lowest BCUT2D eigenvalue weighted by Gasteiger charge is -2.21. The van der Waals surface area contributed by atoms with Crippen LogP contribution in [0.2, 0.25) is 0 Å². The molecule has 0 heterocycles. The molecule has 0 amide bonds. The molecule has 0 unspecified atom stereocenters. The lowest BCUT2D eigenvalue weighted by molar-refractivity contribution is 0.108. The Kier molecular flexibility index (Phi) is 21.2. The second kappa shape index (κ2) is 22.3. The Balaban J connectivity index is 0.00000924. The maximum atomic E-state index is 12.7. The first kappa shape index (κ1) is 41.8. The summed E-state index contributed by atoms with van der Waals surface area (Å²) in [7, 11) is 13.4. The average molecular weight is 698 g/mol. The van der Waals surface area contributed by atoms with Crippen LogP contribution in [0.5, 0.6) is 34.5 Å². The van der Waals surface area contributed by atoms with Crippen LogP contribution in [0.1, 0.15) is 33.6 Å². The Bertz CT molecular complexity index is 1040. The summed E-state index contributed by atoms with van der Waals surface area (Å²) in [6.07, 6.45) is 1.78. The topological polar surface area (TPSA) is 96.0 Å². The molecule has 250 valence electrons. The minimum atomic E-state index is -0.0294. The smallest absolute Gasteiger partial charge is 0.219 e. The number of carbonyl (C=O) groups excluding carboxylic acids is 2. The van der Waals surface area contributed by atoms with Gasteiger partial charge in [-0.3, -0.25) is 9.59 Å². The van der Waals surface area contributed by atoms with E-state index in [2.05, 4.69) is 23.9 Å². The van der Waals surface area contributed by atoms with Crippen molar-refractivity contribution >= 4 is 58.6 Å². The third kappa shape index (κ3) is 12.6. The van der Waals surface area contributed by atoms with Gasteiger partial charge in [0.15, 0.2) is 23.0 Å². The minimum Gasteiger partial charge on any atom is -0.493 e. The summed E-state index contributed by atoms with van der Waals surface area (Å²) in [6.45, 7) is 3.62. The molecule has 0 aliphatic carbocycles. The fourth-order valence-electron chi connectivity index (χ4n) is 4.13. The maximum Gasteiger partial charge on any atom is 0.219 e. The van der Waals surface area contributed by atoms with Crippen LogP contribution in [0.4, 0.5) is 0 Å². The van der Waals surface area contributed by atoms with Crippen molar-refractivity contribution in [3.63, 3.8) is 0 Å². The highest BCUT2D eigenvalue weighted by Gasteiger charge is 2.18. The van der Waals surface area contributed by atoms with E-state index in [0.717, 1.165) is 39.0 Å². The largest absolute Gasteiger partial charge is 0.493 e. The van der Waals surface area contributed by atoms with Gasteiger partial charge in [0.2, 0.25) is 21.7 Å². The van der Waals surface area contributed by atoms with E-state index < -0.39 is 0 Å². The predicted octanol–water partition coefficient (Wildman–Crippen LogP) is 5.67. The molecule has 0 spiro atoms. The van der Waals surface area contributed by atoms with Gasteiger partial charge in [0.25, 0.3) is 0 Å². The first-order valence-electron chi connectivity index (χ1n) is 13.5. The summed E-state index contributed by atoms with van der Waals surface area (Å²) in [5, 5.41) is -0.0588. The Labute approximate surface area is 282 Å². The molecule has 0 atom stereocenters. The first-order valence-corrected chi connectivity index (χ1v) is 15.5. The number of halogens is 2. The van der Waals surface area contributed by atoms with Crippen molar-refractivity contribution in [1.29, 1.82) is 0 Å². The fraction of sp³-hybridized carbons (Fsp3) is 0.533. The molecule has 0 fully saturated rings. The van der Waals surface area contributed by atoms with Crippen LogP contribution in [0.15, 0.2) is 24.3 Å². The van der Waals surface area contributed by atoms with Crippen molar-refractivity contribution in [3.8, 4) is 34.5 Å². The van der Waals surface area contributed by atoms with E-state index in [1.54, 1.807) is 24.3 Å². The van der Waals surface area contributed by atoms with E-state index in [9.17, 15) is 9.59 Å². The molecule has 0 bridgehead atoms. The number of likely N-dealkylation sites (N-methyl/N-ethyl adjacent to an activating group) is 2. The SMILES string of the molecule is COc1cc(C(=O)SCCCN(C)CCN(C)CCCSC(=O)c2cc(OC)c(OC)c(OC)c2)cc(OC)c1OC.Cl.Cl. The lowest BCUT2D eigenvalue weighted by Crippen LogP contribution is -2.32. The van der Waals surface area contributed by atoms with E-state index in [-0.39, 0.29) is 35.0 Å². The van der Waals surface area contributed by atoms with Gasteiger partial charge in [0.05, 0.1) is 42.7 Å². The number of rotatable bonds is 19. The molecule has 0 N–H and O–H groups in total. The third-order valence-electron chi connectivity index (χ3n) is 6.50. The quantitative estimate of drug-likeness (QED) is 0.169. The summed E-state index contributed by atoms with van der Waals surface area (Å²) in [5.41, 5.74) is 1.04. The Morgan fingerprint density at radius 3 is 1.09 bits per heavy atom. The predicted molar refractivity (Wildman–Crippen MR) is 184 cm³/mol. The van der Waals surface area contributed by atoms with Gasteiger partial charge in [-0.05, 0) is 64.3 Å². The van der Waals surface area contributed by atoms with Crippen molar-refractivity contribution in [1.82, 2.24) is 9.80 Å². The molecular weight excluding hydrogens is 651 g/mol. The summed E-state index contributed by atoms with van der Waals surface area (Å²) in [5.74, 6) is 4.23. The summed E-state index contributed by atoms with van der Waals surface area (Å²) in [4.78, 5) is 30.0. The van der Waals surface area contributed by atoms with Crippen LogP contribution in [0.25, 0.3) is 0 Å². The molecule has 14 heteroatoms. The number of hydrogen-bond acceptors (Lipinski definition) is 12. The summed E-state index contributed by atoms with van der Waals surface area (Å²) >= 11 is 2.58. The van der Waals surface area contributed by atoms with Gasteiger partial charge < -0.3 is 38.2 Å². The molecule has 0 saturated heterocycles. The molecule has 2 aromatic rings. The van der Waals surface area contributed by atoms with Crippen molar-refractivity contribution in [2.24, 2.45) is 0 Å². The molecule has 44 heavy (non-hydrogen) atoms. The number of hydrogen-bond donors (Lipinski definition) is 0. The van der Waals surface area contributed by atoms with Crippen LogP contribution in [-0.2, 0) is 0 Å². The maximum absolute atomic E-state index is 12.7. The second-order valence-corrected chi connectivity index (χ2v) is 11.5. The van der Waals surface area contributed by atoms with Gasteiger partial charge in [-0.25, -0.2) is 0 Å². The standard InChI is InChI=1S/C30H44N2O8S2.2ClH/c1-31(11-9-15-41-29(33)21-17-23(35-3)27(39-7)24(18-21)36-4)13-14-32(2)12-10-16-42-30(34)22-19-25(37-5)28(40-8)26(20-22)38-6;;/h17-20H,9-16H2,1-8H3;2*1H. The molecule has 2 rings (SSSR count). The van der Waals surface area contributed by atoms with Crippen LogP contribution in [0.3, 0.4) is 0 Å². The van der Waals surface area contributed by atoms with Crippen molar-refractivity contribution < 1.29 is 38.0 Å². The van der Waals surface area contributed by atoms with Crippen LogP contribution in [0, 0.1) is 0 Å². The highest BCUT2D eigenvalue weighted by atomic mass is 35.5. The summed E-state index contributed by atoms with van der Waals surface area (Å²) < 4.78 is 32.1. The lowest BCUT2D eigenvalue weighted by atomic mass is 10.2. The van der Waals surface area contributed by atoms with E-state index in [1.807, 2.05) is 0 Å². The van der Waals surface area contributed by atoms with Crippen LogP contribution in [-0.4, -0.2) is 114 Å². The molecule has 0 aliphatic heterocycles. The van der Waals surface area contributed by atoms with Crippen LogP contribution >= 0.6 is 48.3 Å². The number of nitrogens with zero attached hydrogens (tertiary/aromatic N) is 2. The average Bonchev–Trinajstić information content (AvgIpc) is 3.01. The zero-order valence-corrected chi connectivity index (χ0v) is 30.0. The number of ether oxygens (including phenoxy) is 6. The second-order valence-electron chi connectivity index (χ2n) is 9.41. The molecule has 2 aromatic carbocycles. The van der Waals surface area contributed by atoms with Crippen molar-refractivity contribution in [2.75, 3.05) is 94.4 Å². The molecule has 0 radical (unpaired) electrons. The number of benzene rings is 2. The van der Waals surface area contributed by atoms with E-state index >= 15 is 0 Å². The number of thioether (sulfide) groups is 2. The van der Waals surface area contributed by atoms with E-state index in [4.69, 9.17) is 28.4 Å². The number of carbonyl (C=O) groups is 2. The Hall–Kier alpha value is -2.22. The molecule has 10 nitrogen and oxygen atoms in total. The molecule has 0 aliphatic rings. The normalized spacial score (nSPS) is 10.5. The molecule has 0 aromatic heterocycles.